The zero-order chi connectivity index (χ0) is 22.2. The summed E-state index contributed by atoms with van der Waals surface area (Å²) in [6, 6.07) is 25.5. The Kier molecular flexibility index (Phi) is 5.15. The molecule has 1 aliphatic rings. The van der Waals surface area contributed by atoms with E-state index in [2.05, 4.69) is 63.9 Å². The first-order chi connectivity index (χ1) is 15.5. The van der Waals surface area contributed by atoms with E-state index < -0.39 is 0 Å². The fourth-order valence-electron chi connectivity index (χ4n) is 4.62. The Morgan fingerprint density at radius 1 is 0.906 bits per heavy atom. The lowest BCUT2D eigenvalue weighted by Crippen LogP contribution is -2.29. The van der Waals surface area contributed by atoms with Crippen LogP contribution in [0.3, 0.4) is 0 Å². The van der Waals surface area contributed by atoms with Crippen molar-refractivity contribution in [1.82, 2.24) is 14.9 Å². The Hall–Kier alpha value is -3.64. The summed E-state index contributed by atoms with van der Waals surface area (Å²) < 4.78 is 2.28. The number of anilines is 1. The molecule has 3 heterocycles. The van der Waals surface area contributed by atoms with Crippen molar-refractivity contribution >= 4 is 23.0 Å². The van der Waals surface area contributed by atoms with E-state index in [1.807, 2.05) is 42.6 Å². The summed E-state index contributed by atoms with van der Waals surface area (Å²) in [5, 5.41) is 13.9. The molecular weight excluding hydrogens is 416 g/mol. The van der Waals surface area contributed by atoms with E-state index in [0.717, 1.165) is 28.5 Å². The van der Waals surface area contributed by atoms with Crippen LogP contribution in [0.2, 0.25) is 0 Å². The molecule has 4 aromatic rings. The molecule has 6 heteroatoms. The van der Waals surface area contributed by atoms with Gasteiger partial charge < -0.3 is 19.9 Å². The van der Waals surface area contributed by atoms with Crippen LogP contribution in [0.15, 0.2) is 85.1 Å². The van der Waals surface area contributed by atoms with Crippen LogP contribution < -0.4 is 10.2 Å². The number of pyridine rings is 1. The summed E-state index contributed by atoms with van der Waals surface area (Å²) in [6.45, 7) is 4.28. The van der Waals surface area contributed by atoms with Crippen molar-refractivity contribution in [1.29, 1.82) is 0 Å². The molecular formula is C26H24N4OS. The molecule has 0 aliphatic carbocycles. The minimum absolute atomic E-state index is 0.0920. The average Bonchev–Trinajstić information content (AvgIpc) is 3.31. The van der Waals surface area contributed by atoms with Crippen LogP contribution >= 0.6 is 12.2 Å². The third-order valence-electron chi connectivity index (χ3n) is 6.03. The monoisotopic (exact) mass is 440 g/mol. The second-order valence-electron chi connectivity index (χ2n) is 8.01. The van der Waals surface area contributed by atoms with Gasteiger partial charge in [0, 0.05) is 29.0 Å². The fourth-order valence-corrected chi connectivity index (χ4v) is 4.97. The summed E-state index contributed by atoms with van der Waals surface area (Å²) in [5.41, 5.74) is 6.50. The zero-order valence-electron chi connectivity index (χ0n) is 17.9. The van der Waals surface area contributed by atoms with E-state index in [0.29, 0.717) is 5.11 Å². The maximum atomic E-state index is 9.81. The lowest BCUT2D eigenvalue weighted by atomic mass is 9.96. The second-order valence-corrected chi connectivity index (χ2v) is 8.40. The summed E-state index contributed by atoms with van der Waals surface area (Å²) in [6.07, 6.45) is 1.81. The van der Waals surface area contributed by atoms with Gasteiger partial charge >= 0.3 is 0 Å². The van der Waals surface area contributed by atoms with Gasteiger partial charge in [-0.05, 0) is 86.2 Å². The van der Waals surface area contributed by atoms with Crippen molar-refractivity contribution in [2.75, 3.05) is 4.90 Å². The summed E-state index contributed by atoms with van der Waals surface area (Å²) in [4.78, 5) is 6.76. The van der Waals surface area contributed by atoms with Gasteiger partial charge in [-0.15, -0.1) is 0 Å². The third-order valence-corrected chi connectivity index (χ3v) is 6.34. The zero-order valence-corrected chi connectivity index (χ0v) is 18.8. The number of aromatic hydroxyl groups is 1. The molecule has 1 fully saturated rings. The number of nitrogens with zero attached hydrogens (tertiary/aromatic N) is 3. The molecule has 0 amide bonds. The standard InChI is InChI=1S/C26H24N4OS/c1-17-16-22(18(2)29(17)19-8-4-3-5-9-19)25-24(23-10-6-7-15-27-23)28-26(32)30(25)20-11-13-21(31)14-12-20/h3-16,24-25,31H,1-2H3,(H,28,32)/t24-,25-/m1/s1. The van der Waals surface area contributed by atoms with Crippen molar-refractivity contribution in [3.8, 4) is 11.4 Å². The van der Waals surface area contributed by atoms with Crippen molar-refractivity contribution < 1.29 is 5.11 Å². The molecule has 2 aromatic heterocycles. The average molecular weight is 441 g/mol. The molecule has 0 spiro atoms. The molecule has 32 heavy (non-hydrogen) atoms. The first kappa shape index (κ1) is 20.3. The lowest BCUT2D eigenvalue weighted by molar-refractivity contribution is 0.475. The number of rotatable bonds is 4. The van der Waals surface area contributed by atoms with Crippen LogP contribution in [0.5, 0.6) is 5.75 Å². The van der Waals surface area contributed by atoms with Crippen LogP contribution in [0, 0.1) is 13.8 Å². The number of phenolic OH excluding ortho intramolecular Hbond substituents is 1. The Balaban J connectivity index is 1.68. The highest BCUT2D eigenvalue weighted by Gasteiger charge is 2.42. The van der Waals surface area contributed by atoms with E-state index in [9.17, 15) is 5.11 Å². The topological polar surface area (TPSA) is 53.3 Å². The van der Waals surface area contributed by atoms with Gasteiger partial charge in [0.05, 0.1) is 17.8 Å². The lowest BCUT2D eigenvalue weighted by Gasteiger charge is -2.28. The number of aromatic nitrogens is 2. The number of hydrogen-bond donors (Lipinski definition) is 2. The van der Waals surface area contributed by atoms with Gasteiger partial charge in [-0.2, -0.15) is 0 Å². The minimum atomic E-state index is -0.109. The van der Waals surface area contributed by atoms with Crippen molar-refractivity contribution in [3.05, 3.63) is 108 Å². The minimum Gasteiger partial charge on any atom is -0.508 e. The third kappa shape index (κ3) is 3.42. The first-order valence-corrected chi connectivity index (χ1v) is 11.0. The number of phenols is 1. The van der Waals surface area contributed by atoms with E-state index in [1.165, 1.54) is 5.56 Å². The maximum Gasteiger partial charge on any atom is 0.174 e. The molecule has 160 valence electrons. The Morgan fingerprint density at radius 3 is 2.31 bits per heavy atom. The number of para-hydroxylation sites is 1. The number of nitrogens with one attached hydrogen (secondary N) is 1. The Bertz CT molecular complexity index is 1250. The Morgan fingerprint density at radius 2 is 1.62 bits per heavy atom. The van der Waals surface area contributed by atoms with Gasteiger partial charge in [0.1, 0.15) is 5.75 Å². The van der Waals surface area contributed by atoms with Crippen molar-refractivity contribution in [3.63, 3.8) is 0 Å². The molecule has 5 nitrogen and oxygen atoms in total. The highest BCUT2D eigenvalue weighted by atomic mass is 32.1. The Labute approximate surface area is 193 Å². The highest BCUT2D eigenvalue weighted by Crippen LogP contribution is 2.43. The van der Waals surface area contributed by atoms with E-state index >= 15 is 0 Å². The molecule has 5 rings (SSSR count). The number of thiocarbonyl (C=S) groups is 1. The SMILES string of the molecule is Cc1cc([C@@H]2[C@@H](c3ccccn3)NC(=S)N2c2ccc(O)cc2)c(C)n1-c1ccccc1. The second kappa shape index (κ2) is 8.13. The predicted octanol–water partition coefficient (Wildman–Crippen LogP) is 5.37. The highest BCUT2D eigenvalue weighted by molar-refractivity contribution is 7.80. The van der Waals surface area contributed by atoms with Crippen LogP contribution in [0.25, 0.3) is 5.69 Å². The van der Waals surface area contributed by atoms with E-state index in [-0.39, 0.29) is 17.8 Å². The van der Waals surface area contributed by atoms with Gasteiger partial charge in [-0.25, -0.2) is 0 Å². The van der Waals surface area contributed by atoms with E-state index in [4.69, 9.17) is 12.2 Å². The normalized spacial score (nSPS) is 18.1. The summed E-state index contributed by atoms with van der Waals surface area (Å²) in [5.74, 6) is 0.229. The predicted molar refractivity (Wildman–Crippen MR) is 131 cm³/mol. The van der Waals surface area contributed by atoms with Gasteiger partial charge in [0.25, 0.3) is 0 Å². The molecule has 0 saturated carbocycles. The van der Waals surface area contributed by atoms with Crippen molar-refractivity contribution in [2.45, 2.75) is 25.9 Å². The smallest absolute Gasteiger partial charge is 0.174 e. The van der Waals surface area contributed by atoms with E-state index in [1.54, 1.807) is 12.1 Å². The summed E-state index contributed by atoms with van der Waals surface area (Å²) in [7, 11) is 0. The van der Waals surface area contributed by atoms with Gasteiger partial charge in [0.15, 0.2) is 5.11 Å². The quantitative estimate of drug-likeness (QED) is 0.418. The molecule has 2 aromatic carbocycles. The van der Waals surface area contributed by atoms with Gasteiger partial charge in [-0.1, -0.05) is 24.3 Å². The van der Waals surface area contributed by atoms with Crippen LogP contribution in [0.4, 0.5) is 5.69 Å². The molecule has 2 N–H and O–H groups in total. The largest absolute Gasteiger partial charge is 0.508 e. The fraction of sp³-hybridized carbons (Fsp3) is 0.154. The first-order valence-electron chi connectivity index (χ1n) is 10.6. The maximum absolute atomic E-state index is 9.81. The van der Waals surface area contributed by atoms with Crippen LogP contribution in [0.1, 0.15) is 34.7 Å². The molecule has 1 saturated heterocycles. The molecule has 0 radical (unpaired) electrons. The van der Waals surface area contributed by atoms with Gasteiger partial charge in [-0.3, -0.25) is 4.98 Å². The number of aryl methyl sites for hydroxylation is 1. The molecule has 2 atom stereocenters. The van der Waals surface area contributed by atoms with Crippen LogP contribution in [-0.4, -0.2) is 19.8 Å². The summed E-state index contributed by atoms with van der Waals surface area (Å²) >= 11 is 5.80. The number of benzene rings is 2. The number of hydrogen-bond acceptors (Lipinski definition) is 3. The molecule has 0 unspecified atom stereocenters. The molecule has 0 bridgehead atoms. The molecule has 1 aliphatic heterocycles. The van der Waals surface area contributed by atoms with Crippen molar-refractivity contribution in [2.24, 2.45) is 0 Å². The van der Waals surface area contributed by atoms with Gasteiger partial charge in [0.2, 0.25) is 0 Å². The van der Waals surface area contributed by atoms with Crippen LogP contribution in [-0.2, 0) is 0 Å².